The summed E-state index contributed by atoms with van der Waals surface area (Å²) in [7, 11) is 0. The molecule has 0 bridgehead atoms. The molecule has 1 fully saturated rings. The molecule has 1 amide bonds. The van der Waals surface area contributed by atoms with Crippen LogP contribution in [0.5, 0.6) is 11.5 Å². The lowest BCUT2D eigenvalue weighted by Crippen LogP contribution is -2.46. The van der Waals surface area contributed by atoms with E-state index in [1.54, 1.807) is 11.0 Å². The van der Waals surface area contributed by atoms with Gasteiger partial charge in [-0.2, -0.15) is 0 Å². The van der Waals surface area contributed by atoms with Crippen molar-refractivity contribution in [2.45, 2.75) is 44.1 Å². The molecule has 1 saturated heterocycles. The third kappa shape index (κ3) is 5.37. The molecule has 0 aromatic heterocycles. The molecule has 0 unspecified atom stereocenters. The summed E-state index contributed by atoms with van der Waals surface area (Å²) in [5, 5.41) is 21.6. The number of β-amino-alcohol motifs (C(OH)–C–C–N with tert-alkyl or cyclic N) is 1. The molecule has 3 aliphatic heterocycles. The Morgan fingerprint density at radius 2 is 1.82 bits per heavy atom. The third-order valence-electron chi connectivity index (χ3n) is 8.24. The average Bonchev–Trinajstić information content (AvgIpc) is 3.29. The van der Waals surface area contributed by atoms with Crippen LogP contribution in [0.4, 0.5) is 0 Å². The van der Waals surface area contributed by atoms with Gasteiger partial charge in [-0.15, -0.1) is 0 Å². The smallest absolute Gasteiger partial charge is 0.257 e. The Hall–Kier alpha value is -3.10. The number of nitrogens with zero attached hydrogens (tertiary/aromatic N) is 2. The second kappa shape index (κ2) is 10.8. The van der Waals surface area contributed by atoms with Crippen molar-refractivity contribution in [3.63, 3.8) is 0 Å². The highest BCUT2D eigenvalue weighted by Gasteiger charge is 2.42. The van der Waals surface area contributed by atoms with Gasteiger partial charge in [-0.3, -0.25) is 4.79 Å². The number of amides is 1. The molecule has 7 nitrogen and oxygen atoms in total. The number of hydrogen-bond acceptors (Lipinski definition) is 6. The standard InChI is InChI=1S/C31H33ClN2O5/c32-24-5-8-28-23(15-24)19-39-31(28)10-13-33(14-11-31)18-26(36)20-38-29-16-25(35)6-7-27(29)30(37)34-12-9-21-3-1-2-4-22(21)17-34/h1-8,15-16,26,35-36H,9-14,17-20H2/t26-/m1/s1. The number of aliphatic hydroxyl groups is 1. The average molecular weight is 549 g/mol. The second-order valence-electron chi connectivity index (χ2n) is 10.8. The lowest BCUT2D eigenvalue weighted by molar-refractivity contribution is -0.0835. The maximum atomic E-state index is 13.4. The highest BCUT2D eigenvalue weighted by molar-refractivity contribution is 6.30. The van der Waals surface area contributed by atoms with Crippen LogP contribution < -0.4 is 4.74 Å². The van der Waals surface area contributed by atoms with Crippen molar-refractivity contribution in [2.24, 2.45) is 0 Å². The van der Waals surface area contributed by atoms with Crippen LogP contribution in [-0.2, 0) is 29.9 Å². The topological polar surface area (TPSA) is 82.5 Å². The number of carbonyl (C=O) groups excluding carboxylic acids is 1. The van der Waals surface area contributed by atoms with Crippen LogP contribution in [0, 0.1) is 0 Å². The van der Waals surface area contributed by atoms with Crippen molar-refractivity contribution in [1.29, 1.82) is 0 Å². The predicted octanol–water partition coefficient (Wildman–Crippen LogP) is 4.51. The zero-order chi connectivity index (χ0) is 27.0. The Morgan fingerprint density at radius 1 is 1.03 bits per heavy atom. The summed E-state index contributed by atoms with van der Waals surface area (Å²) in [6.07, 6.45) is 1.75. The third-order valence-corrected chi connectivity index (χ3v) is 8.47. The molecular weight excluding hydrogens is 516 g/mol. The first-order valence-electron chi connectivity index (χ1n) is 13.6. The Labute approximate surface area is 233 Å². The van der Waals surface area contributed by atoms with Crippen LogP contribution >= 0.6 is 11.6 Å². The molecule has 0 saturated carbocycles. The maximum Gasteiger partial charge on any atom is 0.257 e. The van der Waals surface area contributed by atoms with E-state index in [0.29, 0.717) is 31.8 Å². The number of ether oxygens (including phenoxy) is 2. The van der Waals surface area contributed by atoms with Crippen LogP contribution in [0.15, 0.2) is 60.7 Å². The SMILES string of the molecule is O=C(c1ccc(O)cc1OC[C@H](O)CN1CCC2(CC1)OCc1cc(Cl)ccc12)N1CCc2ccccc2C1. The van der Waals surface area contributed by atoms with Crippen molar-refractivity contribution < 1.29 is 24.5 Å². The fraction of sp³-hybridized carbons (Fsp3) is 0.387. The summed E-state index contributed by atoms with van der Waals surface area (Å²) in [6.45, 7) is 3.81. The Kier molecular flexibility index (Phi) is 7.25. The van der Waals surface area contributed by atoms with Gasteiger partial charge in [-0.05, 0) is 65.8 Å². The summed E-state index contributed by atoms with van der Waals surface area (Å²) < 4.78 is 12.2. The molecule has 3 aliphatic rings. The fourth-order valence-corrected chi connectivity index (χ4v) is 6.31. The van der Waals surface area contributed by atoms with E-state index < -0.39 is 6.10 Å². The maximum absolute atomic E-state index is 13.4. The summed E-state index contributed by atoms with van der Waals surface area (Å²) in [5.41, 5.74) is 4.92. The lowest BCUT2D eigenvalue weighted by atomic mass is 9.84. The van der Waals surface area contributed by atoms with Gasteiger partial charge in [0.15, 0.2) is 0 Å². The molecule has 3 heterocycles. The summed E-state index contributed by atoms with van der Waals surface area (Å²) in [4.78, 5) is 17.4. The number of phenols is 1. The quantitative estimate of drug-likeness (QED) is 0.472. The Morgan fingerprint density at radius 3 is 2.64 bits per heavy atom. The Bertz CT molecular complexity index is 1370. The molecule has 2 N–H and O–H groups in total. The number of likely N-dealkylation sites (tertiary alicyclic amines) is 1. The number of benzene rings is 3. The van der Waals surface area contributed by atoms with E-state index in [-0.39, 0.29) is 29.6 Å². The van der Waals surface area contributed by atoms with Crippen LogP contribution in [0.2, 0.25) is 5.02 Å². The summed E-state index contributed by atoms with van der Waals surface area (Å²) >= 11 is 6.16. The van der Waals surface area contributed by atoms with Crippen molar-refractivity contribution in [1.82, 2.24) is 9.80 Å². The molecule has 3 aromatic rings. The van der Waals surface area contributed by atoms with E-state index in [4.69, 9.17) is 21.1 Å². The number of rotatable bonds is 6. The zero-order valence-electron chi connectivity index (χ0n) is 21.8. The fourth-order valence-electron chi connectivity index (χ4n) is 6.11. The zero-order valence-corrected chi connectivity index (χ0v) is 22.6. The summed E-state index contributed by atoms with van der Waals surface area (Å²) in [5.74, 6) is 0.151. The number of carbonyl (C=O) groups is 1. The molecule has 204 valence electrons. The minimum atomic E-state index is -0.748. The number of aliphatic hydroxyl groups excluding tert-OH is 1. The number of phenolic OH excluding ortho intramolecular Hbond substituents is 1. The van der Waals surface area contributed by atoms with Gasteiger partial charge in [0.25, 0.3) is 5.91 Å². The normalized spacial score (nSPS) is 19.0. The summed E-state index contributed by atoms with van der Waals surface area (Å²) in [6, 6.07) is 18.7. The first-order valence-corrected chi connectivity index (χ1v) is 13.9. The van der Waals surface area contributed by atoms with Gasteiger partial charge in [0.05, 0.1) is 17.8 Å². The number of hydrogen-bond donors (Lipinski definition) is 2. The lowest BCUT2D eigenvalue weighted by Gasteiger charge is -2.39. The van der Waals surface area contributed by atoms with Gasteiger partial charge in [-0.25, -0.2) is 0 Å². The molecule has 0 aliphatic carbocycles. The van der Waals surface area contributed by atoms with Crippen LogP contribution in [0.3, 0.4) is 0 Å². The van der Waals surface area contributed by atoms with Gasteiger partial charge in [0.2, 0.25) is 0 Å². The highest BCUT2D eigenvalue weighted by atomic mass is 35.5. The molecule has 8 heteroatoms. The molecule has 6 rings (SSSR count). The number of aromatic hydroxyl groups is 1. The second-order valence-corrected chi connectivity index (χ2v) is 11.2. The molecule has 1 spiro atoms. The molecule has 1 atom stereocenters. The molecule has 39 heavy (non-hydrogen) atoms. The Balaban J connectivity index is 1.05. The van der Waals surface area contributed by atoms with E-state index in [1.165, 1.54) is 23.3 Å². The van der Waals surface area contributed by atoms with Crippen molar-refractivity contribution in [2.75, 3.05) is 32.8 Å². The van der Waals surface area contributed by atoms with Crippen LogP contribution in [0.25, 0.3) is 0 Å². The minimum absolute atomic E-state index is 0.0134. The van der Waals surface area contributed by atoms with Gasteiger partial charge < -0.3 is 29.5 Å². The first kappa shape index (κ1) is 26.1. The van der Waals surface area contributed by atoms with Crippen LogP contribution in [-0.4, -0.2) is 64.8 Å². The number of fused-ring (bicyclic) bond motifs is 3. The van der Waals surface area contributed by atoms with Gasteiger partial charge in [0.1, 0.15) is 24.2 Å². The van der Waals surface area contributed by atoms with Gasteiger partial charge >= 0.3 is 0 Å². The van der Waals surface area contributed by atoms with Gasteiger partial charge in [-0.1, -0.05) is 41.9 Å². The molecular formula is C31H33ClN2O5. The van der Waals surface area contributed by atoms with Crippen molar-refractivity contribution in [3.8, 4) is 11.5 Å². The van der Waals surface area contributed by atoms with Gasteiger partial charge in [0, 0.05) is 43.8 Å². The van der Waals surface area contributed by atoms with E-state index in [2.05, 4.69) is 23.1 Å². The number of halogens is 1. The molecule has 0 radical (unpaired) electrons. The number of piperidine rings is 1. The largest absolute Gasteiger partial charge is 0.508 e. The van der Waals surface area contributed by atoms with E-state index in [0.717, 1.165) is 48.5 Å². The van der Waals surface area contributed by atoms with E-state index in [1.807, 2.05) is 24.3 Å². The monoisotopic (exact) mass is 548 g/mol. The van der Waals surface area contributed by atoms with Crippen molar-refractivity contribution >= 4 is 17.5 Å². The van der Waals surface area contributed by atoms with E-state index in [9.17, 15) is 15.0 Å². The predicted molar refractivity (Wildman–Crippen MR) is 148 cm³/mol. The van der Waals surface area contributed by atoms with Crippen LogP contribution in [0.1, 0.15) is 45.5 Å². The van der Waals surface area contributed by atoms with Crippen molar-refractivity contribution in [3.05, 3.63) is 93.5 Å². The van der Waals surface area contributed by atoms with E-state index >= 15 is 0 Å². The first-order chi connectivity index (χ1) is 18.9. The highest BCUT2D eigenvalue weighted by Crippen LogP contribution is 2.44. The molecule has 3 aromatic carbocycles. The minimum Gasteiger partial charge on any atom is -0.508 e.